The number of H-pyrrole nitrogens is 1. The number of hydrogen-bond donors (Lipinski definition) is 3. The Kier molecular flexibility index (Phi) is 2.94. The van der Waals surface area contributed by atoms with E-state index in [0.717, 1.165) is 0 Å². The van der Waals surface area contributed by atoms with Crippen molar-refractivity contribution in [3.8, 4) is 0 Å². The van der Waals surface area contributed by atoms with Crippen LogP contribution in [-0.4, -0.2) is 28.3 Å². The number of nitrogens with zero attached hydrogens (tertiary/aromatic N) is 1. The molecule has 5 nitrogen and oxygen atoms in total. The van der Waals surface area contributed by atoms with E-state index in [1.54, 1.807) is 0 Å². The molecule has 1 heterocycles. The maximum absolute atomic E-state index is 10.5. The molecule has 0 amide bonds. The Morgan fingerprint density at radius 1 is 1.85 bits per heavy atom. The van der Waals surface area contributed by atoms with Gasteiger partial charge in [0.25, 0.3) is 0 Å². The quantitative estimate of drug-likeness (QED) is 0.420. The zero-order chi connectivity index (χ0) is 11.4. The van der Waals surface area contributed by atoms with E-state index in [1.165, 1.54) is 0 Å². The number of aromatic nitrogens is 2. The first-order valence-corrected chi connectivity index (χ1v) is 5.54. The monoisotopic (exact) mass is 411 g/mol. The number of halogens is 2. The molecule has 1 aromatic rings. The van der Waals surface area contributed by atoms with E-state index in [0.29, 0.717) is 13.2 Å². The number of carboxylic acids is 1. The predicted molar refractivity (Wildman–Crippen MR) is 38.1 cm³/mol. The van der Waals surface area contributed by atoms with Crippen LogP contribution in [0.4, 0.5) is 0 Å². The second kappa shape index (κ2) is 4.55. The van der Waals surface area contributed by atoms with Crippen LogP contribution in [0.1, 0.15) is 5.69 Å². The summed E-state index contributed by atoms with van der Waals surface area (Å²) < 4.78 is 15.8. The molecular formula is C6H9I2N3O2-2. The zero-order valence-electron chi connectivity index (χ0n) is 8.42. The summed E-state index contributed by atoms with van der Waals surface area (Å²) in [6.07, 6.45) is 0.128. The van der Waals surface area contributed by atoms with E-state index in [2.05, 4.69) is 9.97 Å². The molecule has 7 heteroatoms. The van der Waals surface area contributed by atoms with Gasteiger partial charge in [-0.2, -0.15) is 0 Å². The van der Waals surface area contributed by atoms with Crippen LogP contribution in [0.25, 0.3) is 0 Å². The van der Waals surface area contributed by atoms with Gasteiger partial charge in [-0.1, -0.05) is 0 Å². The first-order chi connectivity index (χ1) is 7.08. The standard InChI is InChI=1S/C6H9I2N3O2/c7-4-3(10-6(8)11-4)1-2(9)5(12)13/h2,7-8H,1,9H2,(H,10,11)(H,12,13)/q-2/t2-/m0/s1/i7D,8D. The summed E-state index contributed by atoms with van der Waals surface area (Å²) in [5.41, 5.74) is 5.93. The van der Waals surface area contributed by atoms with E-state index < -0.39 is 56.8 Å². The number of nitrogens with two attached hydrogens (primary N) is 1. The summed E-state index contributed by atoms with van der Waals surface area (Å²) in [7, 11) is 0. The van der Waals surface area contributed by atoms with Gasteiger partial charge in [-0.3, -0.25) is 0 Å². The van der Waals surface area contributed by atoms with Crippen molar-refractivity contribution in [3.63, 3.8) is 0 Å². The third kappa shape index (κ3) is 3.06. The van der Waals surface area contributed by atoms with E-state index in [-0.39, 0.29) is 6.42 Å². The van der Waals surface area contributed by atoms with Gasteiger partial charge in [0.1, 0.15) is 0 Å². The minimum absolute atomic E-state index is 0.128. The number of carbonyl (C=O) groups is 1. The van der Waals surface area contributed by atoms with E-state index in [4.69, 9.17) is 12.0 Å². The van der Waals surface area contributed by atoms with Crippen LogP contribution in [0.2, 0.25) is 0 Å². The third-order valence-corrected chi connectivity index (χ3v) is 2.83. The Balaban J connectivity index is 2.83. The summed E-state index contributed by atoms with van der Waals surface area (Å²) in [6, 6.07) is -0.987. The average Bonchev–Trinajstić information content (AvgIpc) is 2.60. The Morgan fingerprint density at radius 3 is 3.15 bits per heavy atom. The second-order valence-corrected chi connectivity index (χ2v) is 4.54. The molecule has 0 unspecified atom stereocenters. The van der Waals surface area contributed by atoms with Crippen molar-refractivity contribution in [1.82, 2.24) is 9.97 Å². The molecule has 0 radical (unpaired) electrons. The average molecular weight is 411 g/mol. The van der Waals surface area contributed by atoms with Gasteiger partial charge in [-0.25, -0.2) is 0 Å². The molecule has 0 saturated carbocycles. The predicted octanol–water partition coefficient (Wildman–Crippen LogP) is -7.73. The summed E-state index contributed by atoms with van der Waals surface area (Å²) in [5, 5.41) is 8.64. The van der Waals surface area contributed by atoms with Crippen molar-refractivity contribution < 1.29 is 54.7 Å². The molecule has 0 aliphatic rings. The van der Waals surface area contributed by atoms with Gasteiger partial charge in [0.2, 0.25) is 0 Å². The molecule has 1 rings (SSSR count). The van der Waals surface area contributed by atoms with Crippen molar-refractivity contribution >= 4 is 5.97 Å². The van der Waals surface area contributed by atoms with Gasteiger partial charge in [-0.05, 0) is 0 Å². The van der Waals surface area contributed by atoms with Crippen molar-refractivity contribution in [2.45, 2.75) is 12.5 Å². The molecule has 0 saturated heterocycles. The normalized spacial score (nSPS) is 15.5. The van der Waals surface area contributed by atoms with Crippen LogP contribution in [0.5, 0.6) is 0 Å². The number of imidazole rings is 1. The fraction of sp³-hybridized carbons (Fsp3) is 0.333. The second-order valence-electron chi connectivity index (χ2n) is 2.44. The van der Waals surface area contributed by atoms with E-state index in [9.17, 15) is 4.79 Å². The molecule has 1 aromatic heterocycles. The number of aliphatic carboxylic acids is 1. The Bertz CT molecular complexity index is 360. The summed E-state index contributed by atoms with van der Waals surface area (Å²) in [5.74, 6) is -1.07. The fourth-order valence-corrected chi connectivity index (χ4v) is 2.46. The molecule has 13 heavy (non-hydrogen) atoms. The molecule has 0 fully saturated rings. The van der Waals surface area contributed by atoms with Gasteiger partial charge in [0, 0.05) is 0 Å². The SMILES string of the molecule is [2H][I-]c1nc(C[C@H](N)C(=O)O)c([I-][2H])[nH]1. The molecule has 0 bridgehead atoms. The zero-order valence-corrected chi connectivity index (χ0v) is 10.7. The molecular weight excluding hydrogens is 400 g/mol. The van der Waals surface area contributed by atoms with Crippen LogP contribution >= 0.6 is 0 Å². The number of hydrogen-bond acceptors (Lipinski definition) is 3. The van der Waals surface area contributed by atoms with Crippen LogP contribution in [0, 0.1) is 7.53 Å². The molecule has 4 N–H and O–H groups in total. The molecule has 0 aliphatic carbocycles. The summed E-state index contributed by atoms with van der Waals surface area (Å²) in [6.45, 7) is 0. The third-order valence-electron chi connectivity index (χ3n) is 1.43. The van der Waals surface area contributed by atoms with Crippen molar-refractivity contribution in [2.24, 2.45) is 5.73 Å². The topological polar surface area (TPSA) is 92.0 Å². The molecule has 0 aromatic carbocycles. The van der Waals surface area contributed by atoms with Crippen molar-refractivity contribution in [1.29, 1.82) is 1.19 Å². The van der Waals surface area contributed by atoms with Gasteiger partial charge in [-0.15, -0.1) is 0 Å². The van der Waals surface area contributed by atoms with Crippen molar-refractivity contribution in [2.75, 3.05) is 0 Å². The summed E-state index contributed by atoms with van der Waals surface area (Å²) >= 11 is -1.84. The number of rotatable bonds is 5. The molecule has 0 aliphatic heterocycles. The Labute approximate surface area is 103 Å². The molecule has 0 spiro atoms. The molecule has 76 valence electrons. The van der Waals surface area contributed by atoms with E-state index in [1.807, 2.05) is 0 Å². The van der Waals surface area contributed by atoms with Gasteiger partial charge < -0.3 is 0 Å². The number of aromatic amines is 1. The van der Waals surface area contributed by atoms with E-state index >= 15 is 0 Å². The van der Waals surface area contributed by atoms with Crippen LogP contribution in [0.15, 0.2) is 0 Å². The summed E-state index contributed by atoms with van der Waals surface area (Å²) in [4.78, 5) is 17.5. The van der Waals surface area contributed by atoms with Gasteiger partial charge >= 0.3 is 103 Å². The minimum atomic E-state index is -1.07. The first-order valence-electron chi connectivity index (χ1n) is 4.14. The Hall–Kier alpha value is 0.1000. The fourth-order valence-electron chi connectivity index (χ4n) is 0.789. The maximum atomic E-state index is 10.5. The van der Waals surface area contributed by atoms with Gasteiger partial charge in [0.05, 0.1) is 0 Å². The Morgan fingerprint density at radius 2 is 2.62 bits per heavy atom. The number of carboxylic acid groups (broad SMARTS) is 1. The van der Waals surface area contributed by atoms with Gasteiger partial charge in [0.15, 0.2) is 0 Å². The molecule has 1 atom stereocenters. The van der Waals surface area contributed by atoms with Crippen LogP contribution in [0.3, 0.4) is 0 Å². The van der Waals surface area contributed by atoms with Crippen LogP contribution < -0.4 is 50.5 Å². The van der Waals surface area contributed by atoms with Crippen molar-refractivity contribution in [3.05, 3.63) is 13.2 Å². The number of nitrogens with one attached hydrogen (secondary N) is 1. The first kappa shape index (κ1) is 8.41. The van der Waals surface area contributed by atoms with Crippen LogP contribution in [-0.2, 0) is 11.2 Å².